The maximum Gasteiger partial charge on any atom is 0.174 e. The van der Waals surface area contributed by atoms with Gasteiger partial charge in [0.05, 0.1) is 29.6 Å². The first kappa shape index (κ1) is 19.7. The van der Waals surface area contributed by atoms with E-state index in [1.807, 2.05) is 53.4 Å². The molecular formula is C21H20ClN3O3S. The maximum absolute atomic E-state index is 6.47. The van der Waals surface area contributed by atoms with Gasteiger partial charge in [0.15, 0.2) is 5.11 Å². The van der Waals surface area contributed by atoms with Gasteiger partial charge in [-0.1, -0.05) is 17.7 Å². The zero-order valence-corrected chi connectivity index (χ0v) is 17.3. The van der Waals surface area contributed by atoms with E-state index in [-0.39, 0.29) is 12.1 Å². The van der Waals surface area contributed by atoms with Gasteiger partial charge in [0, 0.05) is 19.0 Å². The van der Waals surface area contributed by atoms with Crippen LogP contribution in [0.25, 0.3) is 0 Å². The number of nitrogens with zero attached hydrogens (tertiary/aromatic N) is 2. The number of benzene rings is 1. The molecule has 29 heavy (non-hydrogen) atoms. The SMILES string of the molecule is COCCOc1ccc(N2C(=S)N[C@@H](c3ccccn3)[C@H]2c2ccco2)cc1Cl. The lowest BCUT2D eigenvalue weighted by atomic mass is 10.0. The zero-order chi connectivity index (χ0) is 20.2. The summed E-state index contributed by atoms with van der Waals surface area (Å²) in [6.07, 6.45) is 3.43. The topological polar surface area (TPSA) is 59.8 Å². The second kappa shape index (κ2) is 8.82. The molecule has 2 aromatic heterocycles. The number of anilines is 1. The van der Waals surface area contributed by atoms with Crippen LogP contribution in [-0.4, -0.2) is 30.4 Å². The summed E-state index contributed by atoms with van der Waals surface area (Å²) in [6.45, 7) is 0.917. The summed E-state index contributed by atoms with van der Waals surface area (Å²) in [5.74, 6) is 1.38. The molecular weight excluding hydrogens is 410 g/mol. The molecule has 1 N–H and O–H groups in total. The van der Waals surface area contributed by atoms with E-state index in [9.17, 15) is 0 Å². The van der Waals surface area contributed by atoms with Crippen LogP contribution in [-0.2, 0) is 4.74 Å². The van der Waals surface area contributed by atoms with Crippen LogP contribution in [0.3, 0.4) is 0 Å². The van der Waals surface area contributed by atoms with E-state index in [1.54, 1.807) is 19.6 Å². The Morgan fingerprint density at radius 1 is 1.21 bits per heavy atom. The van der Waals surface area contributed by atoms with Crippen LogP contribution in [0.15, 0.2) is 65.4 Å². The minimum atomic E-state index is -0.205. The minimum absolute atomic E-state index is 0.161. The number of hydrogen-bond donors (Lipinski definition) is 1. The van der Waals surface area contributed by atoms with Crippen molar-refractivity contribution in [3.8, 4) is 5.75 Å². The van der Waals surface area contributed by atoms with Crippen molar-refractivity contribution >= 4 is 34.6 Å². The summed E-state index contributed by atoms with van der Waals surface area (Å²) < 4.78 is 16.4. The van der Waals surface area contributed by atoms with Gasteiger partial charge in [-0.05, 0) is 54.7 Å². The van der Waals surface area contributed by atoms with E-state index in [0.29, 0.717) is 29.1 Å². The first-order chi connectivity index (χ1) is 14.2. The highest BCUT2D eigenvalue weighted by Gasteiger charge is 2.42. The molecule has 0 unspecified atom stereocenters. The number of nitrogens with one attached hydrogen (secondary N) is 1. The van der Waals surface area contributed by atoms with Gasteiger partial charge in [0.2, 0.25) is 0 Å². The normalized spacial score (nSPS) is 18.7. The number of thiocarbonyl (C=S) groups is 1. The number of halogens is 1. The fourth-order valence-corrected chi connectivity index (χ4v) is 3.95. The number of pyridine rings is 1. The number of aromatic nitrogens is 1. The summed E-state index contributed by atoms with van der Waals surface area (Å²) in [5.41, 5.74) is 1.72. The van der Waals surface area contributed by atoms with Gasteiger partial charge in [0.1, 0.15) is 24.2 Å². The third kappa shape index (κ3) is 4.07. The minimum Gasteiger partial charge on any atom is -0.490 e. The lowest BCUT2D eigenvalue weighted by Gasteiger charge is -2.26. The molecule has 150 valence electrons. The van der Waals surface area contributed by atoms with E-state index in [0.717, 1.165) is 17.1 Å². The highest BCUT2D eigenvalue weighted by atomic mass is 35.5. The van der Waals surface area contributed by atoms with Crippen LogP contribution in [0.5, 0.6) is 5.75 Å². The summed E-state index contributed by atoms with van der Waals surface area (Å²) in [5, 5.41) is 4.45. The molecule has 4 rings (SSSR count). The number of ether oxygens (including phenoxy) is 2. The second-order valence-electron chi connectivity index (χ2n) is 6.47. The molecule has 1 aliphatic heterocycles. The molecule has 6 nitrogen and oxygen atoms in total. The average molecular weight is 430 g/mol. The Kier molecular flexibility index (Phi) is 5.99. The molecule has 0 radical (unpaired) electrons. The Bertz CT molecular complexity index is 969. The van der Waals surface area contributed by atoms with Crippen molar-refractivity contribution in [1.82, 2.24) is 10.3 Å². The van der Waals surface area contributed by atoms with Crippen molar-refractivity contribution in [3.63, 3.8) is 0 Å². The summed E-state index contributed by atoms with van der Waals surface area (Å²) >= 11 is 12.1. The van der Waals surface area contributed by atoms with Crippen molar-refractivity contribution in [2.75, 3.05) is 25.2 Å². The second-order valence-corrected chi connectivity index (χ2v) is 7.26. The van der Waals surface area contributed by atoms with Crippen LogP contribution >= 0.6 is 23.8 Å². The predicted molar refractivity (Wildman–Crippen MR) is 115 cm³/mol. The molecule has 3 heterocycles. The van der Waals surface area contributed by atoms with Crippen molar-refractivity contribution in [1.29, 1.82) is 0 Å². The molecule has 1 aliphatic rings. The molecule has 8 heteroatoms. The lowest BCUT2D eigenvalue weighted by molar-refractivity contribution is 0.146. The number of methoxy groups -OCH3 is 1. The van der Waals surface area contributed by atoms with Crippen molar-refractivity contribution in [2.45, 2.75) is 12.1 Å². The fourth-order valence-electron chi connectivity index (χ4n) is 3.37. The quantitative estimate of drug-likeness (QED) is 0.437. The molecule has 1 aromatic carbocycles. The summed E-state index contributed by atoms with van der Waals surface area (Å²) in [4.78, 5) is 6.51. The van der Waals surface area contributed by atoms with Crippen LogP contribution in [0, 0.1) is 0 Å². The van der Waals surface area contributed by atoms with Gasteiger partial charge < -0.3 is 24.1 Å². The van der Waals surface area contributed by atoms with Crippen molar-refractivity contribution in [2.24, 2.45) is 0 Å². The predicted octanol–water partition coefficient (Wildman–Crippen LogP) is 4.53. The first-order valence-corrected chi connectivity index (χ1v) is 9.93. The van der Waals surface area contributed by atoms with Crippen LogP contribution < -0.4 is 15.0 Å². The van der Waals surface area contributed by atoms with Gasteiger partial charge in [-0.2, -0.15) is 0 Å². The molecule has 1 saturated heterocycles. The van der Waals surface area contributed by atoms with Crippen LogP contribution in [0.1, 0.15) is 23.5 Å². The van der Waals surface area contributed by atoms with Gasteiger partial charge in [-0.25, -0.2) is 0 Å². The molecule has 3 aromatic rings. The Morgan fingerprint density at radius 3 is 2.79 bits per heavy atom. The third-order valence-electron chi connectivity index (χ3n) is 4.67. The number of rotatable bonds is 7. The van der Waals surface area contributed by atoms with Gasteiger partial charge >= 0.3 is 0 Å². The highest BCUT2D eigenvalue weighted by molar-refractivity contribution is 7.80. The van der Waals surface area contributed by atoms with Crippen molar-refractivity contribution < 1.29 is 13.9 Å². The molecule has 0 aliphatic carbocycles. The molecule has 2 atom stereocenters. The van der Waals surface area contributed by atoms with Crippen molar-refractivity contribution in [3.05, 3.63) is 77.5 Å². The molecule has 0 bridgehead atoms. The molecule has 0 amide bonds. The van der Waals surface area contributed by atoms with E-state index < -0.39 is 0 Å². The lowest BCUT2D eigenvalue weighted by Crippen LogP contribution is -2.29. The highest BCUT2D eigenvalue weighted by Crippen LogP contribution is 2.43. The van der Waals surface area contributed by atoms with E-state index in [2.05, 4.69) is 10.3 Å². The Morgan fingerprint density at radius 2 is 2.10 bits per heavy atom. The number of furan rings is 1. The smallest absolute Gasteiger partial charge is 0.174 e. The third-order valence-corrected chi connectivity index (χ3v) is 5.28. The molecule has 0 saturated carbocycles. The van der Waals surface area contributed by atoms with E-state index >= 15 is 0 Å². The number of hydrogen-bond acceptors (Lipinski definition) is 5. The van der Waals surface area contributed by atoms with Gasteiger partial charge in [-0.3, -0.25) is 4.98 Å². The van der Waals surface area contributed by atoms with Gasteiger partial charge in [-0.15, -0.1) is 0 Å². The summed E-state index contributed by atoms with van der Waals surface area (Å²) in [7, 11) is 1.63. The maximum atomic E-state index is 6.47. The zero-order valence-electron chi connectivity index (χ0n) is 15.7. The monoisotopic (exact) mass is 429 g/mol. The first-order valence-electron chi connectivity index (χ1n) is 9.14. The summed E-state index contributed by atoms with van der Waals surface area (Å²) in [6, 6.07) is 14.9. The fraction of sp³-hybridized carbons (Fsp3) is 0.238. The Balaban J connectivity index is 1.68. The molecule has 1 fully saturated rings. The Hall–Kier alpha value is -2.61. The Labute approximate surface area is 179 Å². The largest absolute Gasteiger partial charge is 0.490 e. The van der Waals surface area contributed by atoms with Crippen LogP contribution in [0.4, 0.5) is 5.69 Å². The van der Waals surface area contributed by atoms with E-state index in [1.165, 1.54) is 0 Å². The van der Waals surface area contributed by atoms with Gasteiger partial charge in [0.25, 0.3) is 0 Å². The average Bonchev–Trinajstić information content (AvgIpc) is 3.37. The van der Waals surface area contributed by atoms with Crippen LogP contribution in [0.2, 0.25) is 5.02 Å². The molecule has 0 spiro atoms. The standard InChI is InChI=1S/C21H20ClN3O3S/c1-26-11-12-28-17-8-7-14(13-15(17)22)25-20(18-6-4-10-27-18)19(24-21(25)29)16-5-2-3-9-23-16/h2-10,13,19-20H,11-12H2,1H3,(H,24,29)/t19-,20+/m0/s1. The van der Waals surface area contributed by atoms with E-state index in [4.69, 9.17) is 37.7 Å².